The molecule has 5 rings (SSSR count). The van der Waals surface area contributed by atoms with E-state index in [-0.39, 0.29) is 48.8 Å². The molecule has 3 atom stereocenters. The van der Waals surface area contributed by atoms with Crippen LogP contribution in [0, 0.1) is 11.7 Å². The average molecular weight is 564 g/mol. The van der Waals surface area contributed by atoms with Crippen molar-refractivity contribution in [3.05, 3.63) is 29.6 Å². The number of rotatable bonds is 8. The molecular weight excluding hydrogens is 520 g/mol. The fraction of sp³-hybridized carbons (Fsp3) is 0.733. The number of methoxy groups -OCH3 is 2. The summed E-state index contributed by atoms with van der Waals surface area (Å²) < 4.78 is 41.7. The molecule has 1 saturated carbocycles. The summed E-state index contributed by atoms with van der Waals surface area (Å²) in [5.41, 5.74) is -0.265. The van der Waals surface area contributed by atoms with Crippen LogP contribution in [0.25, 0.3) is 0 Å². The van der Waals surface area contributed by atoms with Crippen LogP contribution in [0.2, 0.25) is 0 Å². The number of likely N-dealkylation sites (tertiary alicyclic amines) is 2. The van der Waals surface area contributed by atoms with Crippen molar-refractivity contribution < 1.29 is 33.0 Å². The van der Waals surface area contributed by atoms with E-state index in [0.29, 0.717) is 52.0 Å². The summed E-state index contributed by atoms with van der Waals surface area (Å²) >= 11 is 0. The topological polar surface area (TPSA) is 82.5 Å². The van der Waals surface area contributed by atoms with Gasteiger partial charge in [0.05, 0.1) is 24.7 Å². The highest BCUT2D eigenvalue weighted by atomic mass is 19.1. The van der Waals surface area contributed by atoms with E-state index in [1.54, 1.807) is 25.2 Å². The maximum atomic E-state index is 16.4. The number of carboxylic acids is 1. The minimum Gasteiger partial charge on any atom is -0.481 e. The highest BCUT2D eigenvalue weighted by molar-refractivity contribution is 5.86. The molecule has 3 aliphatic heterocycles. The van der Waals surface area contributed by atoms with Gasteiger partial charge in [-0.3, -0.25) is 14.5 Å². The number of aliphatic carboxylic acids is 1. The Morgan fingerprint density at radius 3 is 2.45 bits per heavy atom. The molecule has 3 saturated heterocycles. The Labute approximate surface area is 235 Å². The first-order valence-electron chi connectivity index (χ1n) is 14.8. The monoisotopic (exact) mass is 563 g/mol. The van der Waals surface area contributed by atoms with Gasteiger partial charge in [-0.15, -0.1) is 0 Å². The molecule has 0 radical (unpaired) electrons. The summed E-state index contributed by atoms with van der Waals surface area (Å²) in [6.07, 6.45) is 5.90. The number of piperidine rings is 1. The van der Waals surface area contributed by atoms with Gasteiger partial charge in [-0.2, -0.15) is 0 Å². The number of hydrogen-bond acceptors (Lipinski definition) is 6. The van der Waals surface area contributed by atoms with E-state index in [2.05, 4.69) is 9.80 Å². The molecule has 10 heteroatoms. The maximum absolute atomic E-state index is 16.4. The third-order valence-corrected chi connectivity index (χ3v) is 9.78. The molecule has 222 valence electrons. The summed E-state index contributed by atoms with van der Waals surface area (Å²) in [7, 11) is 3.33. The van der Waals surface area contributed by atoms with Crippen molar-refractivity contribution in [2.45, 2.75) is 81.1 Å². The van der Waals surface area contributed by atoms with Gasteiger partial charge in [0.1, 0.15) is 5.82 Å². The summed E-state index contributed by atoms with van der Waals surface area (Å²) in [5, 5.41) is 9.38. The largest absolute Gasteiger partial charge is 0.481 e. The molecule has 1 aliphatic carbocycles. The molecule has 3 heterocycles. The molecule has 0 unspecified atom stereocenters. The number of carbonyl (C=O) groups is 2. The molecule has 4 aliphatic rings. The maximum Gasteiger partial charge on any atom is 0.306 e. The highest BCUT2D eigenvalue weighted by Gasteiger charge is 2.52. The van der Waals surface area contributed by atoms with Crippen LogP contribution in [0.4, 0.5) is 14.5 Å². The Kier molecular flexibility index (Phi) is 8.97. The Morgan fingerprint density at radius 1 is 1.07 bits per heavy atom. The number of hydrogen-bond donors (Lipinski definition) is 1. The van der Waals surface area contributed by atoms with E-state index in [1.807, 2.05) is 0 Å². The number of amides is 1. The van der Waals surface area contributed by atoms with Gasteiger partial charge in [-0.05, 0) is 62.6 Å². The molecule has 0 spiro atoms. The van der Waals surface area contributed by atoms with Crippen molar-refractivity contribution in [1.29, 1.82) is 0 Å². The van der Waals surface area contributed by atoms with E-state index in [4.69, 9.17) is 9.47 Å². The average Bonchev–Trinajstić information content (AvgIpc) is 3.57. The lowest BCUT2D eigenvalue weighted by Crippen LogP contribution is -2.51. The molecule has 4 fully saturated rings. The minimum absolute atomic E-state index is 0.0951. The first-order chi connectivity index (χ1) is 19.2. The number of carbonyl (C=O) groups excluding carboxylic acids is 1. The molecule has 1 aromatic rings. The number of carboxylic acid groups (broad SMARTS) is 1. The van der Waals surface area contributed by atoms with E-state index >= 15 is 4.39 Å². The summed E-state index contributed by atoms with van der Waals surface area (Å²) in [5.74, 6) is -2.09. The van der Waals surface area contributed by atoms with Gasteiger partial charge in [-0.25, -0.2) is 8.78 Å². The second kappa shape index (κ2) is 12.3. The molecule has 1 amide bonds. The number of alkyl halides is 1. The summed E-state index contributed by atoms with van der Waals surface area (Å²) in [6, 6.07) is 4.73. The first-order valence-corrected chi connectivity index (χ1v) is 14.8. The fourth-order valence-electron chi connectivity index (χ4n) is 7.43. The van der Waals surface area contributed by atoms with Crippen molar-refractivity contribution in [3.8, 4) is 0 Å². The number of halogens is 2. The summed E-state index contributed by atoms with van der Waals surface area (Å²) in [4.78, 5) is 31.1. The smallest absolute Gasteiger partial charge is 0.306 e. The van der Waals surface area contributed by atoms with Crippen LogP contribution in [0.3, 0.4) is 0 Å². The lowest BCUT2D eigenvalue weighted by atomic mass is 9.92. The van der Waals surface area contributed by atoms with Crippen molar-refractivity contribution in [1.82, 2.24) is 9.80 Å². The lowest BCUT2D eigenvalue weighted by molar-refractivity contribution is -0.145. The van der Waals surface area contributed by atoms with Gasteiger partial charge < -0.3 is 24.4 Å². The quantitative estimate of drug-likeness (QED) is 0.515. The van der Waals surface area contributed by atoms with E-state index in [9.17, 15) is 19.1 Å². The molecular formula is C30H43F2N3O5. The molecule has 1 N–H and O–H groups in total. The normalized spacial score (nSPS) is 32.1. The lowest BCUT2D eigenvalue weighted by Gasteiger charge is -2.35. The van der Waals surface area contributed by atoms with Crippen molar-refractivity contribution in [2.75, 3.05) is 58.5 Å². The zero-order valence-corrected chi connectivity index (χ0v) is 23.7. The summed E-state index contributed by atoms with van der Waals surface area (Å²) in [6.45, 7) is 2.41. The molecule has 8 nitrogen and oxygen atoms in total. The molecule has 1 aromatic carbocycles. The van der Waals surface area contributed by atoms with Crippen molar-refractivity contribution >= 4 is 17.6 Å². The Morgan fingerprint density at radius 2 is 1.80 bits per heavy atom. The van der Waals surface area contributed by atoms with Gasteiger partial charge >= 0.3 is 5.97 Å². The molecule has 40 heavy (non-hydrogen) atoms. The van der Waals surface area contributed by atoms with Crippen LogP contribution in [0.1, 0.15) is 62.8 Å². The second-order valence-electron chi connectivity index (χ2n) is 12.2. The number of nitrogens with zero attached hydrogens (tertiary/aromatic N) is 3. The minimum atomic E-state index is -1.93. The molecule has 0 bridgehead atoms. The van der Waals surface area contributed by atoms with Gasteiger partial charge in [0, 0.05) is 71.0 Å². The third kappa shape index (κ3) is 5.99. The van der Waals surface area contributed by atoms with Gasteiger partial charge in [0.25, 0.3) is 5.91 Å². The fourth-order valence-corrected chi connectivity index (χ4v) is 7.43. The van der Waals surface area contributed by atoms with E-state index < -0.39 is 17.5 Å². The van der Waals surface area contributed by atoms with E-state index in [0.717, 1.165) is 36.9 Å². The van der Waals surface area contributed by atoms with Crippen LogP contribution < -0.4 is 4.90 Å². The standard InChI is InChI=1S/C30H43F2N3O5/c1-39-18-24-15-21(26-8-3-22(31)16-27(26)33-12-9-20(10-13-33)28(36)37)17-35(24)29(38)30(32)11-14-34(19-30)23-4-6-25(40-2)7-5-23/h3,8,16,20-21,23-25H,4-7,9-15,17-19H2,1-2H3,(H,36,37)/t21-,23?,24+,25?,30-/m1/s1. The van der Waals surface area contributed by atoms with Crippen LogP contribution in [0.15, 0.2) is 18.2 Å². The predicted molar refractivity (Wildman–Crippen MR) is 147 cm³/mol. The second-order valence-corrected chi connectivity index (χ2v) is 12.2. The van der Waals surface area contributed by atoms with Gasteiger partial charge in [0.15, 0.2) is 0 Å². The Hall–Kier alpha value is -2.30. The first kappa shape index (κ1) is 29.2. The van der Waals surface area contributed by atoms with Crippen molar-refractivity contribution in [3.63, 3.8) is 0 Å². The van der Waals surface area contributed by atoms with Gasteiger partial charge in [-0.1, -0.05) is 6.07 Å². The van der Waals surface area contributed by atoms with E-state index in [1.165, 1.54) is 12.1 Å². The SMILES string of the molecule is COC[C@@H]1C[C@@H](c2ccc(F)cc2N2CCC(C(=O)O)CC2)CN1C(=O)[C@@]1(F)CCN(C2CCC(OC)CC2)C1. The zero-order valence-electron chi connectivity index (χ0n) is 23.7. The predicted octanol–water partition coefficient (Wildman–Crippen LogP) is 3.83. The number of ether oxygens (including phenoxy) is 2. The van der Waals surface area contributed by atoms with Crippen LogP contribution in [-0.4, -0.2) is 104 Å². The van der Waals surface area contributed by atoms with Crippen molar-refractivity contribution in [2.24, 2.45) is 5.92 Å². The number of anilines is 1. The molecule has 0 aromatic heterocycles. The van der Waals surface area contributed by atoms with Crippen LogP contribution in [-0.2, 0) is 19.1 Å². The van der Waals surface area contributed by atoms with Crippen LogP contribution >= 0.6 is 0 Å². The third-order valence-electron chi connectivity index (χ3n) is 9.78. The number of benzene rings is 1. The van der Waals surface area contributed by atoms with Crippen LogP contribution in [0.5, 0.6) is 0 Å². The zero-order chi connectivity index (χ0) is 28.4. The Balaban J connectivity index is 1.30. The van der Waals surface area contributed by atoms with Gasteiger partial charge in [0.2, 0.25) is 5.67 Å². The highest BCUT2D eigenvalue weighted by Crippen LogP contribution is 2.41. The Bertz CT molecular complexity index is 1060.